The third kappa shape index (κ3) is 3.79. The highest BCUT2D eigenvalue weighted by Gasteiger charge is 2.15. The highest BCUT2D eigenvalue weighted by atomic mass is 79.9. The summed E-state index contributed by atoms with van der Waals surface area (Å²) in [5.41, 5.74) is 2.43. The van der Waals surface area contributed by atoms with Crippen molar-refractivity contribution < 1.29 is 0 Å². The monoisotopic (exact) mass is 348 g/mol. The molecule has 2 rings (SSSR count). The molecule has 0 fully saturated rings. The highest BCUT2D eigenvalue weighted by Crippen LogP contribution is 2.31. The van der Waals surface area contributed by atoms with E-state index in [2.05, 4.69) is 67.8 Å². The third-order valence-corrected chi connectivity index (χ3v) is 3.88. The van der Waals surface area contributed by atoms with Crippen molar-refractivity contribution in [3.8, 4) is 0 Å². The molecule has 1 aromatic carbocycles. The maximum atomic E-state index is 4.46. The highest BCUT2D eigenvalue weighted by molar-refractivity contribution is 9.10. The number of anilines is 2. The first kappa shape index (κ1) is 15.9. The van der Waals surface area contributed by atoms with E-state index in [4.69, 9.17) is 0 Å². The SMILES string of the molecule is CCCc1ccc(N(CC)c2nc(C)nc(C)n2)c(Br)c1. The van der Waals surface area contributed by atoms with Gasteiger partial charge in [-0.2, -0.15) is 9.97 Å². The molecule has 0 amide bonds. The number of halogens is 1. The second-order valence-corrected chi connectivity index (χ2v) is 5.86. The number of hydrogen-bond acceptors (Lipinski definition) is 4. The first-order chi connectivity index (χ1) is 10.0. The average molecular weight is 349 g/mol. The maximum Gasteiger partial charge on any atom is 0.233 e. The molecule has 0 saturated carbocycles. The van der Waals surface area contributed by atoms with Gasteiger partial charge in [0, 0.05) is 11.0 Å². The molecule has 5 heteroatoms. The third-order valence-electron chi connectivity index (χ3n) is 3.25. The molecule has 1 heterocycles. The molecule has 21 heavy (non-hydrogen) atoms. The number of aryl methyl sites for hydroxylation is 3. The normalized spacial score (nSPS) is 10.7. The van der Waals surface area contributed by atoms with Crippen molar-refractivity contribution in [2.45, 2.75) is 40.5 Å². The Morgan fingerprint density at radius 1 is 1.05 bits per heavy atom. The zero-order valence-electron chi connectivity index (χ0n) is 13.0. The molecule has 2 aromatic rings. The van der Waals surface area contributed by atoms with Crippen molar-refractivity contribution in [1.82, 2.24) is 15.0 Å². The van der Waals surface area contributed by atoms with E-state index >= 15 is 0 Å². The van der Waals surface area contributed by atoms with E-state index in [-0.39, 0.29) is 0 Å². The lowest BCUT2D eigenvalue weighted by atomic mass is 10.1. The zero-order chi connectivity index (χ0) is 15.4. The summed E-state index contributed by atoms with van der Waals surface area (Å²) in [5.74, 6) is 2.19. The van der Waals surface area contributed by atoms with Crippen molar-refractivity contribution in [2.75, 3.05) is 11.4 Å². The van der Waals surface area contributed by atoms with Crippen LogP contribution in [0.3, 0.4) is 0 Å². The fraction of sp³-hybridized carbons (Fsp3) is 0.438. The number of hydrogen-bond donors (Lipinski definition) is 0. The summed E-state index contributed by atoms with van der Waals surface area (Å²) in [5, 5.41) is 0. The number of nitrogens with zero attached hydrogens (tertiary/aromatic N) is 4. The number of rotatable bonds is 5. The number of benzene rings is 1. The first-order valence-corrected chi connectivity index (χ1v) is 8.09. The molecule has 4 nitrogen and oxygen atoms in total. The van der Waals surface area contributed by atoms with E-state index in [9.17, 15) is 0 Å². The summed E-state index contributed by atoms with van der Waals surface area (Å²) in [4.78, 5) is 15.3. The van der Waals surface area contributed by atoms with Crippen LogP contribution < -0.4 is 4.90 Å². The van der Waals surface area contributed by atoms with Gasteiger partial charge in [0.05, 0.1) is 5.69 Å². The van der Waals surface area contributed by atoms with E-state index in [0.29, 0.717) is 5.95 Å². The molecular formula is C16H21BrN4. The topological polar surface area (TPSA) is 41.9 Å². The minimum absolute atomic E-state index is 0.700. The summed E-state index contributed by atoms with van der Waals surface area (Å²) < 4.78 is 1.08. The van der Waals surface area contributed by atoms with Gasteiger partial charge < -0.3 is 4.90 Å². The molecule has 0 saturated heterocycles. The van der Waals surface area contributed by atoms with Crippen LogP contribution in [0.1, 0.15) is 37.5 Å². The Morgan fingerprint density at radius 3 is 2.24 bits per heavy atom. The van der Waals surface area contributed by atoms with Crippen molar-refractivity contribution in [2.24, 2.45) is 0 Å². The summed E-state index contributed by atoms with van der Waals surface area (Å²) in [6.45, 7) is 8.88. The van der Waals surface area contributed by atoms with Gasteiger partial charge in [0.1, 0.15) is 11.6 Å². The second kappa shape index (κ2) is 6.98. The predicted molar refractivity (Wildman–Crippen MR) is 90.1 cm³/mol. The molecule has 1 aromatic heterocycles. The molecule has 0 N–H and O–H groups in total. The van der Waals surface area contributed by atoms with Crippen LogP contribution in [0.25, 0.3) is 0 Å². The lowest BCUT2D eigenvalue weighted by Gasteiger charge is -2.23. The number of aromatic nitrogens is 3. The zero-order valence-corrected chi connectivity index (χ0v) is 14.6. The minimum Gasteiger partial charge on any atom is -0.310 e. The fourth-order valence-electron chi connectivity index (χ4n) is 2.35. The van der Waals surface area contributed by atoms with Gasteiger partial charge in [0.2, 0.25) is 5.95 Å². The molecule has 112 valence electrons. The van der Waals surface area contributed by atoms with Crippen molar-refractivity contribution in [3.63, 3.8) is 0 Å². The van der Waals surface area contributed by atoms with Crippen LogP contribution in [0.2, 0.25) is 0 Å². The van der Waals surface area contributed by atoms with Crippen LogP contribution >= 0.6 is 15.9 Å². The van der Waals surface area contributed by atoms with Crippen LogP contribution in [0.4, 0.5) is 11.6 Å². The van der Waals surface area contributed by atoms with Crippen LogP contribution in [0, 0.1) is 13.8 Å². The molecule has 0 unspecified atom stereocenters. The van der Waals surface area contributed by atoms with E-state index in [0.717, 1.165) is 41.2 Å². The molecule has 0 aliphatic carbocycles. The van der Waals surface area contributed by atoms with Gasteiger partial charge >= 0.3 is 0 Å². The van der Waals surface area contributed by atoms with E-state index in [1.807, 2.05) is 13.8 Å². The predicted octanol–water partition coefficient (Wildman–Crippen LogP) is 4.36. The molecular weight excluding hydrogens is 328 g/mol. The van der Waals surface area contributed by atoms with Crippen molar-refractivity contribution in [1.29, 1.82) is 0 Å². The molecule has 0 aliphatic heterocycles. The van der Waals surface area contributed by atoms with Gasteiger partial charge in [-0.05, 0) is 60.8 Å². The first-order valence-electron chi connectivity index (χ1n) is 7.30. The Hall–Kier alpha value is -1.49. The van der Waals surface area contributed by atoms with Crippen LogP contribution in [0.15, 0.2) is 22.7 Å². The Kier molecular flexibility index (Phi) is 5.28. The molecule has 0 spiro atoms. The molecule has 0 bridgehead atoms. The standard InChI is InChI=1S/C16H21BrN4/c1-5-7-13-8-9-15(14(17)10-13)21(6-2)16-19-11(3)18-12(4)20-16/h8-10H,5-7H2,1-4H3. The van der Waals surface area contributed by atoms with E-state index < -0.39 is 0 Å². The summed E-state index contributed by atoms with van der Waals surface area (Å²) in [6.07, 6.45) is 2.24. The van der Waals surface area contributed by atoms with E-state index in [1.165, 1.54) is 5.56 Å². The van der Waals surface area contributed by atoms with Gasteiger partial charge in [-0.3, -0.25) is 0 Å². The van der Waals surface area contributed by atoms with E-state index in [1.54, 1.807) is 0 Å². The van der Waals surface area contributed by atoms with Gasteiger partial charge in [-0.15, -0.1) is 0 Å². The summed E-state index contributed by atoms with van der Waals surface area (Å²) in [6, 6.07) is 6.49. The summed E-state index contributed by atoms with van der Waals surface area (Å²) >= 11 is 3.68. The second-order valence-electron chi connectivity index (χ2n) is 5.01. The fourth-order valence-corrected chi connectivity index (χ4v) is 2.99. The minimum atomic E-state index is 0.700. The van der Waals surface area contributed by atoms with Crippen molar-refractivity contribution >= 4 is 27.6 Å². The Morgan fingerprint density at radius 2 is 1.71 bits per heavy atom. The smallest absolute Gasteiger partial charge is 0.233 e. The Bertz CT molecular complexity index is 607. The largest absolute Gasteiger partial charge is 0.310 e. The van der Waals surface area contributed by atoms with Gasteiger partial charge in [-0.1, -0.05) is 19.4 Å². The lowest BCUT2D eigenvalue weighted by Crippen LogP contribution is -2.20. The van der Waals surface area contributed by atoms with Gasteiger partial charge in [0.25, 0.3) is 0 Å². The lowest BCUT2D eigenvalue weighted by molar-refractivity contribution is 0.862. The van der Waals surface area contributed by atoms with Crippen LogP contribution in [-0.4, -0.2) is 21.5 Å². The molecule has 0 aliphatic rings. The molecule has 0 radical (unpaired) electrons. The van der Waals surface area contributed by atoms with Crippen molar-refractivity contribution in [3.05, 3.63) is 39.9 Å². The maximum absolute atomic E-state index is 4.46. The Labute approximate surface area is 134 Å². The van der Waals surface area contributed by atoms with Gasteiger partial charge in [0.15, 0.2) is 0 Å². The molecule has 0 atom stereocenters. The van der Waals surface area contributed by atoms with Gasteiger partial charge in [-0.25, -0.2) is 4.98 Å². The van der Waals surface area contributed by atoms with Crippen LogP contribution in [0.5, 0.6) is 0 Å². The summed E-state index contributed by atoms with van der Waals surface area (Å²) in [7, 11) is 0. The average Bonchev–Trinajstić information content (AvgIpc) is 2.41. The quantitative estimate of drug-likeness (QED) is 0.804. The van der Waals surface area contributed by atoms with Crippen LogP contribution in [-0.2, 0) is 6.42 Å². The Balaban J connectivity index is 2.41.